The topological polar surface area (TPSA) is 29.1 Å². The van der Waals surface area contributed by atoms with E-state index in [-0.39, 0.29) is 16.7 Å². The van der Waals surface area contributed by atoms with Gasteiger partial charge in [-0.05, 0) is 72.1 Å². The van der Waals surface area contributed by atoms with E-state index < -0.39 is 0 Å². The quantitative estimate of drug-likeness (QED) is 0.387. The van der Waals surface area contributed by atoms with Gasteiger partial charge in [0, 0.05) is 13.0 Å². The molecule has 164 valence electrons. The Hall–Kier alpha value is -2.61. The van der Waals surface area contributed by atoms with E-state index in [0.717, 1.165) is 44.9 Å². The van der Waals surface area contributed by atoms with Gasteiger partial charge in [0.15, 0.2) is 0 Å². The first-order valence-corrected chi connectivity index (χ1v) is 11.5. The molecule has 0 bridgehead atoms. The summed E-state index contributed by atoms with van der Waals surface area (Å²) >= 11 is 0. The lowest BCUT2D eigenvalue weighted by molar-refractivity contribution is -0.122. The van der Waals surface area contributed by atoms with Gasteiger partial charge < -0.3 is 5.32 Å². The average molecular weight is 416 g/mol. The molecule has 1 amide bonds. The minimum absolute atomic E-state index is 0.0103. The summed E-state index contributed by atoms with van der Waals surface area (Å²) in [5.41, 5.74) is 2.82. The summed E-state index contributed by atoms with van der Waals surface area (Å²) in [7, 11) is 0. The Bertz CT molecular complexity index is 946. The zero-order valence-electron chi connectivity index (χ0n) is 19.1. The molecule has 2 heteroatoms. The first kappa shape index (κ1) is 23.1. The van der Waals surface area contributed by atoms with Gasteiger partial charge in [-0.1, -0.05) is 73.7 Å². The third-order valence-electron chi connectivity index (χ3n) is 6.90. The predicted molar refractivity (Wildman–Crippen MR) is 133 cm³/mol. The summed E-state index contributed by atoms with van der Waals surface area (Å²) in [6.45, 7) is 14.8. The number of carbonyl (C=O) groups excluding carboxylic acids is 1. The van der Waals surface area contributed by atoms with Gasteiger partial charge >= 0.3 is 0 Å². The molecule has 2 nitrogen and oxygen atoms in total. The Morgan fingerprint density at radius 3 is 2.48 bits per heavy atom. The van der Waals surface area contributed by atoms with Crippen LogP contribution in [0.2, 0.25) is 0 Å². The molecule has 0 radical (unpaired) electrons. The molecule has 0 aromatic heterocycles. The largest absolute Gasteiger partial charge is 0.356 e. The molecule has 0 aliphatic heterocycles. The Labute approximate surface area is 188 Å². The molecule has 1 atom stereocenters. The van der Waals surface area contributed by atoms with Crippen molar-refractivity contribution in [1.82, 2.24) is 5.32 Å². The van der Waals surface area contributed by atoms with E-state index in [4.69, 9.17) is 0 Å². The minimum Gasteiger partial charge on any atom is -0.356 e. The third kappa shape index (κ3) is 6.19. The van der Waals surface area contributed by atoms with Gasteiger partial charge in [-0.25, -0.2) is 0 Å². The van der Waals surface area contributed by atoms with Gasteiger partial charge in [-0.3, -0.25) is 4.79 Å². The highest BCUT2D eigenvalue weighted by atomic mass is 16.1. The third-order valence-corrected chi connectivity index (χ3v) is 6.90. The van der Waals surface area contributed by atoms with Crippen molar-refractivity contribution in [2.75, 3.05) is 6.54 Å². The van der Waals surface area contributed by atoms with Crippen LogP contribution in [-0.4, -0.2) is 12.5 Å². The van der Waals surface area contributed by atoms with E-state index in [0.29, 0.717) is 13.0 Å². The average Bonchev–Trinajstić information content (AvgIpc) is 3.12. The van der Waals surface area contributed by atoms with E-state index in [9.17, 15) is 4.79 Å². The first-order chi connectivity index (χ1) is 14.9. The zero-order chi connectivity index (χ0) is 22.3. The van der Waals surface area contributed by atoms with E-state index >= 15 is 0 Å². The summed E-state index contributed by atoms with van der Waals surface area (Å²) in [6, 6.07) is 15.3. The van der Waals surface area contributed by atoms with Gasteiger partial charge in [0.2, 0.25) is 5.91 Å². The summed E-state index contributed by atoms with van der Waals surface area (Å²) in [5, 5.41) is 5.74. The monoisotopic (exact) mass is 415 g/mol. The number of allylic oxidation sites excluding steroid dienone is 3. The summed E-state index contributed by atoms with van der Waals surface area (Å²) in [6.07, 6.45) is 11.3. The second kappa shape index (κ2) is 10.1. The van der Waals surface area contributed by atoms with E-state index in [2.05, 4.69) is 74.4 Å². The number of hydrogen-bond acceptors (Lipinski definition) is 1. The highest BCUT2D eigenvalue weighted by Gasteiger charge is 2.36. The van der Waals surface area contributed by atoms with Crippen molar-refractivity contribution in [1.29, 1.82) is 0 Å². The fourth-order valence-corrected chi connectivity index (χ4v) is 5.09. The Balaban J connectivity index is 1.64. The van der Waals surface area contributed by atoms with Crippen molar-refractivity contribution >= 4 is 16.7 Å². The molecule has 1 aliphatic rings. The molecule has 1 saturated carbocycles. The van der Waals surface area contributed by atoms with E-state index in [1.807, 2.05) is 12.2 Å². The lowest BCUT2D eigenvalue weighted by atomic mass is 9.75. The number of amides is 1. The molecule has 31 heavy (non-hydrogen) atoms. The number of hydrogen-bond donors (Lipinski definition) is 1. The van der Waals surface area contributed by atoms with Crippen LogP contribution in [0.1, 0.15) is 57.4 Å². The van der Waals surface area contributed by atoms with Crippen LogP contribution in [0.15, 0.2) is 79.9 Å². The summed E-state index contributed by atoms with van der Waals surface area (Å²) in [4.78, 5) is 12.7. The Kier molecular flexibility index (Phi) is 7.54. The fourth-order valence-electron chi connectivity index (χ4n) is 5.09. The maximum atomic E-state index is 12.7. The molecule has 3 rings (SSSR count). The molecule has 2 aromatic rings. The van der Waals surface area contributed by atoms with Crippen molar-refractivity contribution in [3.63, 3.8) is 0 Å². The SMILES string of the molecule is C=CCC(C)(CC=C)CNC(=O)CCC1(Cc2ccc3ccccc3c2)CCC(=C)C1. The van der Waals surface area contributed by atoms with Crippen molar-refractivity contribution in [2.24, 2.45) is 10.8 Å². The summed E-state index contributed by atoms with van der Waals surface area (Å²) < 4.78 is 0. The van der Waals surface area contributed by atoms with Crippen LogP contribution in [0.4, 0.5) is 0 Å². The van der Waals surface area contributed by atoms with Gasteiger partial charge in [0.1, 0.15) is 0 Å². The molecule has 0 spiro atoms. The standard InChI is InChI=1S/C29H37NO/c1-5-15-28(4,16-6-2)22-30-27(31)14-18-29(17-13-23(3)20-29)21-24-11-12-25-9-7-8-10-26(25)19-24/h5-12,19H,1-3,13-18,20-22H2,4H3,(H,30,31). The lowest BCUT2D eigenvalue weighted by Crippen LogP contribution is -2.36. The van der Waals surface area contributed by atoms with Crippen molar-refractivity contribution in [3.8, 4) is 0 Å². The van der Waals surface area contributed by atoms with Gasteiger partial charge in [0.05, 0.1) is 0 Å². The van der Waals surface area contributed by atoms with Crippen molar-refractivity contribution in [2.45, 2.75) is 58.3 Å². The molecule has 0 heterocycles. The van der Waals surface area contributed by atoms with Crippen LogP contribution in [-0.2, 0) is 11.2 Å². The molecular formula is C29H37NO. The number of carbonyl (C=O) groups is 1. The smallest absolute Gasteiger partial charge is 0.220 e. The minimum atomic E-state index is -0.0103. The number of fused-ring (bicyclic) bond motifs is 1. The van der Waals surface area contributed by atoms with E-state index in [1.165, 1.54) is 21.9 Å². The van der Waals surface area contributed by atoms with E-state index in [1.54, 1.807) is 0 Å². The second-order valence-electron chi connectivity index (χ2n) is 9.86. The maximum absolute atomic E-state index is 12.7. The lowest BCUT2D eigenvalue weighted by Gasteiger charge is -2.30. The Morgan fingerprint density at radius 2 is 1.84 bits per heavy atom. The molecule has 2 aromatic carbocycles. The van der Waals surface area contributed by atoms with Crippen LogP contribution in [0.3, 0.4) is 0 Å². The Morgan fingerprint density at radius 1 is 1.13 bits per heavy atom. The molecule has 1 fully saturated rings. The van der Waals surface area contributed by atoms with Crippen LogP contribution in [0.25, 0.3) is 10.8 Å². The molecule has 1 unspecified atom stereocenters. The summed E-state index contributed by atoms with van der Waals surface area (Å²) in [5.74, 6) is 0.148. The molecular weight excluding hydrogens is 378 g/mol. The van der Waals surface area contributed by atoms with Gasteiger partial charge in [-0.15, -0.1) is 13.2 Å². The number of rotatable bonds is 11. The van der Waals surface area contributed by atoms with Gasteiger partial charge in [0.25, 0.3) is 0 Å². The van der Waals surface area contributed by atoms with Crippen molar-refractivity contribution in [3.05, 3.63) is 85.5 Å². The fraction of sp³-hybridized carbons (Fsp3) is 0.414. The van der Waals surface area contributed by atoms with Crippen LogP contribution in [0, 0.1) is 10.8 Å². The zero-order valence-corrected chi connectivity index (χ0v) is 19.1. The maximum Gasteiger partial charge on any atom is 0.220 e. The molecule has 1 N–H and O–H groups in total. The number of nitrogens with one attached hydrogen (secondary N) is 1. The normalized spacial score (nSPS) is 18.8. The molecule has 1 aliphatic carbocycles. The highest BCUT2D eigenvalue weighted by molar-refractivity contribution is 5.83. The number of benzene rings is 2. The first-order valence-electron chi connectivity index (χ1n) is 11.5. The molecule has 0 saturated heterocycles. The van der Waals surface area contributed by atoms with Crippen LogP contribution < -0.4 is 5.32 Å². The van der Waals surface area contributed by atoms with Crippen LogP contribution >= 0.6 is 0 Å². The van der Waals surface area contributed by atoms with Gasteiger partial charge in [-0.2, -0.15) is 0 Å². The second-order valence-corrected chi connectivity index (χ2v) is 9.86. The highest BCUT2D eigenvalue weighted by Crippen LogP contribution is 2.47. The van der Waals surface area contributed by atoms with Crippen molar-refractivity contribution < 1.29 is 4.79 Å². The predicted octanol–water partition coefficient (Wildman–Crippen LogP) is 7.16. The van der Waals surface area contributed by atoms with Crippen LogP contribution in [0.5, 0.6) is 0 Å².